The first-order valence-corrected chi connectivity index (χ1v) is 19.1. The third kappa shape index (κ3) is 9.70. The molecule has 0 radical (unpaired) electrons. The van der Waals surface area contributed by atoms with Crippen LogP contribution < -0.4 is 20.1 Å². The van der Waals surface area contributed by atoms with Crippen LogP contribution in [-0.4, -0.2) is 62.9 Å². The summed E-state index contributed by atoms with van der Waals surface area (Å²) < 4.78 is 34.7. The maximum atomic E-state index is 12.5. The lowest BCUT2D eigenvalue weighted by Gasteiger charge is -2.17. The molecule has 0 atom stereocenters. The summed E-state index contributed by atoms with van der Waals surface area (Å²) in [5.74, 6) is -2.22. The number of aryl methyl sites for hydroxylation is 1. The third-order valence-electron chi connectivity index (χ3n) is 7.88. The molecule has 52 heavy (non-hydrogen) atoms. The van der Waals surface area contributed by atoms with E-state index in [-0.39, 0.29) is 74.0 Å². The van der Waals surface area contributed by atoms with Crippen molar-refractivity contribution in [1.82, 2.24) is 24.9 Å². The van der Waals surface area contributed by atoms with E-state index in [1.165, 1.54) is 6.07 Å². The number of hydroxylamine groups is 2. The van der Waals surface area contributed by atoms with Gasteiger partial charge in [-0.3, -0.25) is 34.0 Å². The average molecular weight is 763 g/mol. The lowest BCUT2D eigenvalue weighted by atomic mass is 10.1. The number of nitrogens with one attached hydrogen (secondary N) is 1. The Morgan fingerprint density at radius 2 is 1.65 bits per heavy atom. The molecule has 21 heteroatoms. The van der Waals surface area contributed by atoms with Gasteiger partial charge in [-0.2, -0.15) is 0 Å². The zero-order valence-electron chi connectivity index (χ0n) is 27.8. The summed E-state index contributed by atoms with van der Waals surface area (Å²) in [5, 5.41) is 3.82. The lowest BCUT2D eigenvalue weighted by Crippen LogP contribution is -2.32. The predicted octanol–water partition coefficient (Wildman–Crippen LogP) is 2.89. The van der Waals surface area contributed by atoms with E-state index in [9.17, 15) is 47.9 Å². The van der Waals surface area contributed by atoms with Gasteiger partial charge < -0.3 is 29.5 Å². The molecule has 5 rings (SSSR count). The van der Waals surface area contributed by atoms with Crippen molar-refractivity contribution < 1.29 is 61.8 Å². The van der Waals surface area contributed by atoms with Gasteiger partial charge in [-0.25, -0.2) is 23.9 Å². The molecule has 1 aliphatic heterocycles. The molecule has 1 aliphatic rings. The van der Waals surface area contributed by atoms with E-state index >= 15 is 0 Å². The quantitative estimate of drug-likeness (QED) is 0.0707. The van der Waals surface area contributed by atoms with Crippen LogP contribution >= 0.6 is 15.6 Å². The number of imidazole rings is 1. The minimum absolute atomic E-state index is 0.0216. The normalized spacial score (nSPS) is 13.6. The van der Waals surface area contributed by atoms with Crippen molar-refractivity contribution in [1.29, 1.82) is 0 Å². The Hall–Kier alpha value is -4.90. The summed E-state index contributed by atoms with van der Waals surface area (Å²) in [4.78, 5) is 99.6. The highest BCUT2D eigenvalue weighted by atomic mass is 31.2. The monoisotopic (exact) mass is 762 g/mol. The van der Waals surface area contributed by atoms with Gasteiger partial charge in [0.15, 0.2) is 5.82 Å². The van der Waals surface area contributed by atoms with E-state index in [1.807, 2.05) is 6.92 Å². The number of pyridine rings is 1. The number of rotatable bonds is 16. The van der Waals surface area contributed by atoms with Crippen LogP contribution in [0.1, 0.15) is 68.8 Å². The molecule has 2 aromatic heterocycles. The number of carbonyl (C=O) groups excluding carboxylic acids is 4. The van der Waals surface area contributed by atoms with Gasteiger partial charge in [-0.1, -0.05) is 25.5 Å². The van der Waals surface area contributed by atoms with Crippen LogP contribution in [0.3, 0.4) is 0 Å². The number of anilines is 1. The summed E-state index contributed by atoms with van der Waals surface area (Å²) >= 11 is 0. The molecule has 0 bridgehead atoms. The van der Waals surface area contributed by atoms with Gasteiger partial charge in [-0.15, -0.1) is 5.06 Å². The van der Waals surface area contributed by atoms with Gasteiger partial charge in [0, 0.05) is 49.6 Å². The number of imide groups is 1. The summed E-state index contributed by atoms with van der Waals surface area (Å²) in [6.45, 7) is 1.97. The molecule has 1 fully saturated rings. The summed E-state index contributed by atoms with van der Waals surface area (Å²) in [7, 11) is -10.0. The van der Waals surface area contributed by atoms with E-state index in [2.05, 4.69) is 10.3 Å². The molecule has 1 saturated heterocycles. The first-order chi connectivity index (χ1) is 24.5. The number of nitrogens with two attached hydrogens (primary N) is 1. The molecule has 7 N–H and O–H groups in total. The molecule has 0 saturated carbocycles. The van der Waals surface area contributed by atoms with Crippen molar-refractivity contribution in [2.24, 2.45) is 0 Å². The van der Waals surface area contributed by atoms with Crippen molar-refractivity contribution in [3.05, 3.63) is 53.3 Å². The number of nitrogen functional groups attached to an aromatic ring is 1. The molecule has 278 valence electrons. The molecule has 3 amide bonds. The number of phosphoric ester groups is 2. The number of phosphoric acid groups is 2. The van der Waals surface area contributed by atoms with Crippen LogP contribution in [0, 0.1) is 0 Å². The maximum absolute atomic E-state index is 12.5. The second kappa shape index (κ2) is 15.8. The number of hydrogen-bond acceptors (Lipinski definition) is 12. The standard InChI is InChI=1S/C31H36N6O13P2/c1-2-3-5-24-35-29-30(36(24)17-19-15-20(49-51(42,43)44)9-11-23(19)50-52(45,46)47)21-10-8-18(14-22(21)34-31(29)32)16-33-25(38)6-4-7-28(41)48-37-26(39)12-13-27(37)40/h8-11,14-15H,2-7,12-13,16-17H2,1H3,(H2,32,34)(H,33,38)(H2,42,43,44)(H2,45,46,47). The van der Waals surface area contributed by atoms with Crippen LogP contribution in [0.5, 0.6) is 11.5 Å². The van der Waals surface area contributed by atoms with Crippen molar-refractivity contribution in [3.8, 4) is 11.5 Å². The minimum atomic E-state index is -5.05. The number of benzene rings is 2. The number of hydrogen-bond donors (Lipinski definition) is 6. The van der Waals surface area contributed by atoms with Crippen LogP contribution in [0.4, 0.5) is 5.82 Å². The van der Waals surface area contributed by atoms with E-state index in [0.29, 0.717) is 44.8 Å². The molecule has 4 aromatic rings. The number of amides is 3. The fourth-order valence-electron chi connectivity index (χ4n) is 5.56. The van der Waals surface area contributed by atoms with E-state index < -0.39 is 33.4 Å². The molecular formula is C31H36N6O13P2. The Kier molecular flexibility index (Phi) is 11.6. The van der Waals surface area contributed by atoms with Crippen LogP contribution in [0.25, 0.3) is 21.9 Å². The Balaban J connectivity index is 1.38. The molecule has 0 unspecified atom stereocenters. The molecule has 0 aliphatic carbocycles. The Bertz CT molecular complexity index is 2130. The van der Waals surface area contributed by atoms with Gasteiger partial charge in [0.05, 0.1) is 17.6 Å². The van der Waals surface area contributed by atoms with Crippen molar-refractivity contribution in [2.45, 2.75) is 71.4 Å². The summed E-state index contributed by atoms with van der Waals surface area (Å²) in [6.07, 6.45) is 1.90. The summed E-state index contributed by atoms with van der Waals surface area (Å²) in [5.41, 5.74) is 8.48. The number of carbonyl (C=O) groups is 4. The molecule has 2 aromatic carbocycles. The first kappa shape index (κ1) is 38.3. The number of unbranched alkanes of at least 4 members (excludes halogenated alkanes) is 1. The van der Waals surface area contributed by atoms with Gasteiger partial charge in [0.2, 0.25) is 5.91 Å². The fourth-order valence-corrected chi connectivity index (χ4v) is 6.38. The Labute approximate surface area is 295 Å². The van der Waals surface area contributed by atoms with Crippen molar-refractivity contribution in [2.75, 3.05) is 5.73 Å². The SMILES string of the molecule is CCCCc1nc2c(N)nc3cc(CNC(=O)CCCC(=O)ON4C(=O)CCC4=O)ccc3c2n1Cc1cc(OP(=O)(O)O)ccc1OP(=O)(O)O. The topological polar surface area (TPSA) is 283 Å². The summed E-state index contributed by atoms with van der Waals surface area (Å²) in [6, 6.07) is 8.65. The largest absolute Gasteiger partial charge is 0.524 e. The first-order valence-electron chi connectivity index (χ1n) is 16.0. The predicted molar refractivity (Wildman–Crippen MR) is 182 cm³/mol. The zero-order valence-corrected chi connectivity index (χ0v) is 29.5. The number of fused-ring (bicyclic) bond motifs is 3. The average Bonchev–Trinajstić information content (AvgIpc) is 3.57. The van der Waals surface area contributed by atoms with Crippen molar-refractivity contribution in [3.63, 3.8) is 0 Å². The van der Waals surface area contributed by atoms with Gasteiger partial charge in [-0.05, 0) is 42.7 Å². The minimum Gasteiger partial charge on any atom is -0.404 e. The Morgan fingerprint density at radius 3 is 2.33 bits per heavy atom. The zero-order chi connectivity index (χ0) is 37.8. The lowest BCUT2D eigenvalue weighted by molar-refractivity contribution is -0.197. The number of nitrogens with zero attached hydrogens (tertiary/aromatic N) is 4. The van der Waals surface area contributed by atoms with E-state index in [0.717, 1.165) is 25.0 Å². The smallest absolute Gasteiger partial charge is 0.404 e. The highest BCUT2D eigenvalue weighted by Gasteiger charge is 2.32. The highest BCUT2D eigenvalue weighted by Crippen LogP contribution is 2.43. The van der Waals surface area contributed by atoms with Crippen LogP contribution in [0.2, 0.25) is 0 Å². The molecule has 0 spiro atoms. The van der Waals surface area contributed by atoms with Crippen LogP contribution in [-0.2, 0) is 52.7 Å². The second-order valence-corrected chi connectivity index (χ2v) is 14.2. The Morgan fingerprint density at radius 1 is 0.942 bits per heavy atom. The molecular weight excluding hydrogens is 726 g/mol. The van der Waals surface area contributed by atoms with Crippen LogP contribution in [0.15, 0.2) is 36.4 Å². The van der Waals surface area contributed by atoms with Crippen molar-refractivity contribution >= 4 is 67.1 Å². The number of aromatic nitrogens is 3. The fraction of sp³-hybridized carbons (Fsp3) is 0.355. The van der Waals surface area contributed by atoms with E-state index in [4.69, 9.17) is 24.6 Å². The maximum Gasteiger partial charge on any atom is 0.524 e. The van der Waals surface area contributed by atoms with Gasteiger partial charge in [0.25, 0.3) is 11.8 Å². The van der Waals surface area contributed by atoms with Gasteiger partial charge >= 0.3 is 21.6 Å². The van der Waals surface area contributed by atoms with E-state index in [1.54, 1.807) is 22.8 Å². The van der Waals surface area contributed by atoms with Gasteiger partial charge in [0.1, 0.15) is 22.8 Å². The second-order valence-electron chi connectivity index (χ2n) is 11.9. The molecule has 19 nitrogen and oxygen atoms in total. The molecule has 3 heterocycles. The third-order valence-corrected chi connectivity index (χ3v) is 8.76. The highest BCUT2D eigenvalue weighted by molar-refractivity contribution is 7.47.